The number of nitrogens with two attached hydrogens (primary N) is 1. The molecule has 1 aromatic heterocycles. The van der Waals surface area contributed by atoms with Gasteiger partial charge in [-0.05, 0) is 43.7 Å². The van der Waals surface area contributed by atoms with Gasteiger partial charge in [-0.15, -0.1) is 0 Å². The number of nitrogens with zero attached hydrogens (tertiary/aromatic N) is 1. The van der Waals surface area contributed by atoms with Gasteiger partial charge in [-0.2, -0.15) is 0 Å². The van der Waals surface area contributed by atoms with E-state index in [1.54, 1.807) is 24.3 Å². The van der Waals surface area contributed by atoms with E-state index < -0.39 is 22.7 Å². The van der Waals surface area contributed by atoms with Gasteiger partial charge in [0.25, 0.3) is 5.91 Å². The van der Waals surface area contributed by atoms with Crippen LogP contribution < -0.4 is 16.5 Å². The van der Waals surface area contributed by atoms with E-state index in [0.717, 1.165) is 12.0 Å². The number of amides is 1. The number of amidine groups is 1. The molecule has 0 fully saturated rings. The molecule has 0 saturated heterocycles. The fourth-order valence-electron chi connectivity index (χ4n) is 3.33. The highest BCUT2D eigenvalue weighted by atomic mass is 32.2. The second kappa shape index (κ2) is 7.36. The molecule has 1 aliphatic rings. The maximum atomic E-state index is 14.5. The summed E-state index contributed by atoms with van der Waals surface area (Å²) >= 11 is 1.43. The summed E-state index contributed by atoms with van der Waals surface area (Å²) < 4.78 is 19.9. The summed E-state index contributed by atoms with van der Waals surface area (Å²) in [5.74, 6) is -0.339. The summed E-state index contributed by atoms with van der Waals surface area (Å²) in [7, 11) is 0. The molecule has 2 aromatic carbocycles. The topological polar surface area (TPSA) is 97.7 Å². The summed E-state index contributed by atoms with van der Waals surface area (Å²) in [4.78, 5) is 29.7. The van der Waals surface area contributed by atoms with Gasteiger partial charge in [-0.1, -0.05) is 23.9 Å². The molecule has 3 aromatic rings. The third-order valence-corrected chi connectivity index (χ3v) is 5.72. The van der Waals surface area contributed by atoms with Crippen molar-refractivity contribution in [2.24, 2.45) is 10.7 Å². The highest BCUT2D eigenvalue weighted by Crippen LogP contribution is 2.37. The second-order valence-corrected chi connectivity index (χ2v) is 8.06. The van der Waals surface area contributed by atoms with Crippen molar-refractivity contribution in [3.8, 4) is 0 Å². The van der Waals surface area contributed by atoms with Gasteiger partial charge < -0.3 is 15.5 Å². The number of hydrogen-bond donors (Lipinski definition) is 2. The molecule has 29 heavy (non-hydrogen) atoms. The predicted molar refractivity (Wildman–Crippen MR) is 113 cm³/mol. The monoisotopic (exact) mass is 411 g/mol. The zero-order chi connectivity index (χ0) is 20.6. The Kier molecular flexibility index (Phi) is 4.87. The largest absolute Gasteiger partial charge is 0.463 e. The second-order valence-electron chi connectivity index (χ2n) is 6.95. The number of thioether (sulfide) groups is 1. The van der Waals surface area contributed by atoms with E-state index in [1.165, 1.54) is 30.0 Å². The summed E-state index contributed by atoms with van der Waals surface area (Å²) in [6.45, 7) is 1.81. The molecule has 0 bridgehead atoms. The van der Waals surface area contributed by atoms with Crippen molar-refractivity contribution in [1.82, 2.24) is 0 Å². The molecule has 0 spiro atoms. The fourth-order valence-corrected chi connectivity index (χ4v) is 4.30. The molecule has 1 amide bonds. The molecule has 1 aliphatic heterocycles. The molecule has 2 heterocycles. The Labute approximate surface area is 170 Å². The van der Waals surface area contributed by atoms with Gasteiger partial charge in [0.1, 0.15) is 23.2 Å². The van der Waals surface area contributed by atoms with Crippen molar-refractivity contribution in [1.29, 1.82) is 0 Å². The summed E-state index contributed by atoms with van der Waals surface area (Å²) in [6.07, 6.45) is 1.75. The van der Waals surface area contributed by atoms with Crippen LogP contribution in [0.1, 0.15) is 29.3 Å². The minimum absolute atomic E-state index is 0.128. The van der Waals surface area contributed by atoms with Gasteiger partial charge in [0.05, 0.1) is 10.9 Å². The number of aliphatic imine (C=N–C) groups is 1. The Hall–Kier alpha value is -3.13. The van der Waals surface area contributed by atoms with Gasteiger partial charge in [0.2, 0.25) is 5.43 Å². The van der Waals surface area contributed by atoms with Crippen LogP contribution in [-0.4, -0.2) is 16.8 Å². The lowest BCUT2D eigenvalue weighted by Crippen LogP contribution is -2.30. The van der Waals surface area contributed by atoms with Crippen LogP contribution in [-0.2, 0) is 5.54 Å². The van der Waals surface area contributed by atoms with E-state index in [0.29, 0.717) is 33.8 Å². The highest BCUT2D eigenvalue weighted by Gasteiger charge is 2.32. The molecule has 0 aliphatic carbocycles. The smallest absolute Gasteiger partial charge is 0.262 e. The van der Waals surface area contributed by atoms with E-state index in [-0.39, 0.29) is 5.56 Å². The van der Waals surface area contributed by atoms with Gasteiger partial charge in [0, 0.05) is 17.0 Å². The van der Waals surface area contributed by atoms with Crippen LogP contribution in [0, 0.1) is 5.82 Å². The van der Waals surface area contributed by atoms with Crippen molar-refractivity contribution in [2.75, 3.05) is 11.1 Å². The minimum atomic E-state index is -0.817. The molecule has 1 atom stereocenters. The third kappa shape index (κ3) is 3.63. The molecule has 4 rings (SSSR count). The van der Waals surface area contributed by atoms with Gasteiger partial charge in [-0.3, -0.25) is 14.6 Å². The first-order chi connectivity index (χ1) is 13.9. The quantitative estimate of drug-likeness (QED) is 0.682. The first-order valence-electron chi connectivity index (χ1n) is 8.97. The van der Waals surface area contributed by atoms with E-state index in [2.05, 4.69) is 10.3 Å². The number of benzene rings is 2. The molecule has 6 nitrogen and oxygen atoms in total. The number of fused-ring (bicyclic) bond motifs is 1. The van der Waals surface area contributed by atoms with E-state index in [4.69, 9.17) is 10.2 Å². The van der Waals surface area contributed by atoms with Crippen LogP contribution >= 0.6 is 11.8 Å². The average Bonchev–Trinajstić information content (AvgIpc) is 2.69. The number of rotatable bonds is 3. The maximum absolute atomic E-state index is 14.5. The molecule has 0 radical (unpaired) electrons. The summed E-state index contributed by atoms with van der Waals surface area (Å²) in [5.41, 5.74) is 5.55. The molecular formula is C21H18FN3O3S. The maximum Gasteiger partial charge on any atom is 0.262 e. The van der Waals surface area contributed by atoms with Crippen LogP contribution in [0.15, 0.2) is 62.9 Å². The lowest BCUT2D eigenvalue weighted by molar-refractivity contribution is 0.102. The number of para-hydroxylation sites is 1. The first kappa shape index (κ1) is 19.2. The van der Waals surface area contributed by atoms with Gasteiger partial charge in [0.15, 0.2) is 5.17 Å². The Bertz CT molecular complexity index is 1210. The van der Waals surface area contributed by atoms with Crippen LogP contribution in [0.5, 0.6) is 0 Å². The molecule has 3 N–H and O–H groups in total. The number of carbonyl (C=O) groups excluding carboxylic acids is 1. The first-order valence-corrected chi connectivity index (χ1v) is 9.96. The number of hydrogen-bond acceptors (Lipinski definition) is 6. The Morgan fingerprint density at radius 2 is 2.10 bits per heavy atom. The summed E-state index contributed by atoms with van der Waals surface area (Å²) in [5, 5.41) is 3.37. The van der Waals surface area contributed by atoms with Crippen LogP contribution in [0.2, 0.25) is 0 Å². The third-order valence-electron chi connectivity index (χ3n) is 4.92. The standard InChI is InChI=1S/C21H18FN3O3S/c1-21(8-9-29-20(23)25-21)15-10-12(6-7-16(15)22)24-19(27)14-11-28-17-5-3-2-4-13(17)18(14)26/h2-7,10-11H,8-9H2,1H3,(H2,23,25)(H,24,27). The van der Waals surface area contributed by atoms with Crippen molar-refractivity contribution in [2.45, 2.75) is 18.9 Å². The lowest BCUT2D eigenvalue weighted by Gasteiger charge is -2.30. The molecular weight excluding hydrogens is 393 g/mol. The molecule has 8 heteroatoms. The van der Waals surface area contributed by atoms with Crippen molar-refractivity contribution >= 4 is 39.5 Å². The van der Waals surface area contributed by atoms with Crippen LogP contribution in [0.4, 0.5) is 10.1 Å². The Balaban J connectivity index is 1.67. The van der Waals surface area contributed by atoms with Crippen molar-refractivity contribution in [3.63, 3.8) is 0 Å². The normalized spacial score (nSPS) is 19.0. The van der Waals surface area contributed by atoms with Gasteiger partial charge >= 0.3 is 0 Å². The Morgan fingerprint density at radius 3 is 2.90 bits per heavy atom. The van der Waals surface area contributed by atoms with E-state index in [9.17, 15) is 14.0 Å². The van der Waals surface area contributed by atoms with Crippen molar-refractivity contribution < 1.29 is 13.6 Å². The SMILES string of the molecule is CC1(c2cc(NC(=O)c3coc4ccccc4c3=O)ccc2F)CCSC(N)=N1. The van der Waals surface area contributed by atoms with Crippen LogP contribution in [0.3, 0.4) is 0 Å². The van der Waals surface area contributed by atoms with E-state index >= 15 is 0 Å². The molecule has 148 valence electrons. The van der Waals surface area contributed by atoms with E-state index in [1.807, 2.05) is 6.92 Å². The molecule has 1 unspecified atom stereocenters. The zero-order valence-electron chi connectivity index (χ0n) is 15.6. The zero-order valence-corrected chi connectivity index (χ0v) is 16.4. The number of halogens is 1. The summed E-state index contributed by atoms with van der Waals surface area (Å²) in [6, 6.07) is 10.9. The predicted octanol–water partition coefficient (Wildman–Crippen LogP) is 3.85. The fraction of sp³-hybridized carbons (Fsp3) is 0.190. The average molecular weight is 411 g/mol. The number of carbonyl (C=O) groups is 1. The van der Waals surface area contributed by atoms with Gasteiger partial charge in [-0.25, -0.2) is 4.39 Å². The molecule has 0 saturated carbocycles. The number of nitrogens with one attached hydrogen (secondary N) is 1. The lowest BCUT2D eigenvalue weighted by atomic mass is 9.89. The van der Waals surface area contributed by atoms with Crippen LogP contribution in [0.25, 0.3) is 11.0 Å². The minimum Gasteiger partial charge on any atom is -0.463 e. The number of anilines is 1. The Morgan fingerprint density at radius 1 is 1.31 bits per heavy atom. The van der Waals surface area contributed by atoms with Crippen molar-refractivity contribution in [3.05, 3.63) is 75.9 Å². The highest BCUT2D eigenvalue weighted by molar-refractivity contribution is 8.13.